The molecule has 0 spiro atoms. The van der Waals surface area contributed by atoms with Gasteiger partial charge in [0.15, 0.2) is 0 Å². The Morgan fingerprint density at radius 2 is 2.08 bits per heavy atom. The van der Waals surface area contributed by atoms with Crippen molar-refractivity contribution in [2.45, 2.75) is 43.9 Å². The molecule has 1 unspecified atom stereocenters. The number of rotatable bonds is 6. The van der Waals surface area contributed by atoms with Gasteiger partial charge in [-0.2, -0.15) is 4.31 Å². The summed E-state index contributed by atoms with van der Waals surface area (Å²) in [7, 11) is -3.60. The van der Waals surface area contributed by atoms with E-state index in [4.69, 9.17) is 11.6 Å². The largest absolute Gasteiger partial charge is 0.261 e. The smallest absolute Gasteiger partial charge is 0.218 e. The number of halogens is 2. The number of nitrogens with zero attached hydrogens (tertiary/aromatic N) is 2. The molecule has 140 valence electrons. The van der Waals surface area contributed by atoms with Crippen LogP contribution in [0.4, 0.5) is 4.39 Å². The third-order valence-electron chi connectivity index (χ3n) is 4.74. The summed E-state index contributed by atoms with van der Waals surface area (Å²) >= 11 is 5.75. The molecule has 1 saturated heterocycles. The molecule has 1 aromatic carbocycles. The average molecular weight is 397 g/mol. The minimum absolute atomic E-state index is 0.0638. The van der Waals surface area contributed by atoms with Crippen LogP contribution >= 0.6 is 11.6 Å². The Kier molecular flexibility index (Phi) is 6.27. The van der Waals surface area contributed by atoms with E-state index in [2.05, 4.69) is 4.98 Å². The van der Waals surface area contributed by atoms with Gasteiger partial charge in [-0.25, -0.2) is 12.8 Å². The fourth-order valence-corrected chi connectivity index (χ4v) is 5.43. The maximum absolute atomic E-state index is 14.0. The third kappa shape index (κ3) is 4.81. The van der Waals surface area contributed by atoms with Gasteiger partial charge in [-0.3, -0.25) is 4.98 Å². The summed E-state index contributed by atoms with van der Waals surface area (Å²) in [4.78, 5) is 4.31. The van der Waals surface area contributed by atoms with Crippen molar-refractivity contribution in [2.24, 2.45) is 0 Å². The van der Waals surface area contributed by atoms with E-state index in [1.165, 1.54) is 12.1 Å². The van der Waals surface area contributed by atoms with E-state index in [0.29, 0.717) is 6.54 Å². The number of aryl methyl sites for hydroxylation is 1. The van der Waals surface area contributed by atoms with Gasteiger partial charge in [0.2, 0.25) is 10.0 Å². The van der Waals surface area contributed by atoms with Crippen molar-refractivity contribution in [3.05, 3.63) is 64.7 Å². The second kappa shape index (κ2) is 8.46. The normalized spacial score (nSPS) is 18.8. The lowest BCUT2D eigenvalue weighted by Crippen LogP contribution is -2.44. The van der Waals surface area contributed by atoms with Crippen molar-refractivity contribution in [1.29, 1.82) is 0 Å². The Labute approximate surface area is 159 Å². The van der Waals surface area contributed by atoms with E-state index in [1.807, 2.05) is 18.2 Å². The maximum atomic E-state index is 14.0. The SMILES string of the molecule is O=S(=O)(Cc1ccc(Cl)cc1F)N1CCCCC1CCc1ccccn1. The molecule has 0 saturated carbocycles. The molecule has 7 heteroatoms. The Balaban J connectivity index is 1.73. The number of benzene rings is 1. The van der Waals surface area contributed by atoms with Gasteiger partial charge in [0.25, 0.3) is 0 Å². The van der Waals surface area contributed by atoms with Gasteiger partial charge < -0.3 is 0 Å². The second-order valence-corrected chi connectivity index (χ2v) is 8.97. The summed E-state index contributed by atoms with van der Waals surface area (Å²) in [6.07, 6.45) is 5.87. The van der Waals surface area contributed by atoms with Gasteiger partial charge in [-0.1, -0.05) is 30.2 Å². The summed E-state index contributed by atoms with van der Waals surface area (Å²) in [5.74, 6) is -0.918. The van der Waals surface area contributed by atoms with Crippen LogP contribution in [0.15, 0.2) is 42.6 Å². The van der Waals surface area contributed by atoms with Gasteiger partial charge in [-0.15, -0.1) is 0 Å². The van der Waals surface area contributed by atoms with Gasteiger partial charge in [0, 0.05) is 35.1 Å². The molecule has 0 N–H and O–H groups in total. The van der Waals surface area contributed by atoms with E-state index < -0.39 is 15.8 Å². The molecule has 0 bridgehead atoms. The molecular weight excluding hydrogens is 375 g/mol. The van der Waals surface area contributed by atoms with Crippen molar-refractivity contribution in [3.63, 3.8) is 0 Å². The summed E-state index contributed by atoms with van der Waals surface area (Å²) in [5, 5.41) is 0.259. The molecule has 0 aliphatic carbocycles. The highest BCUT2D eigenvalue weighted by Gasteiger charge is 2.32. The van der Waals surface area contributed by atoms with Crippen LogP contribution in [0.3, 0.4) is 0 Å². The van der Waals surface area contributed by atoms with E-state index in [-0.39, 0.29) is 22.4 Å². The summed E-state index contributed by atoms with van der Waals surface area (Å²) in [5.41, 5.74) is 1.11. The zero-order valence-corrected chi connectivity index (χ0v) is 16.0. The number of sulfonamides is 1. The van der Waals surface area contributed by atoms with Crippen molar-refractivity contribution >= 4 is 21.6 Å². The van der Waals surface area contributed by atoms with Crippen LogP contribution in [0.1, 0.15) is 36.9 Å². The first-order valence-electron chi connectivity index (χ1n) is 8.79. The molecule has 3 rings (SSSR count). The lowest BCUT2D eigenvalue weighted by atomic mass is 9.99. The van der Waals surface area contributed by atoms with Crippen LogP contribution in [0, 0.1) is 5.82 Å². The molecular formula is C19H22ClFN2O2S. The zero-order valence-electron chi connectivity index (χ0n) is 14.4. The van der Waals surface area contributed by atoms with Gasteiger partial charge in [0.05, 0.1) is 5.75 Å². The van der Waals surface area contributed by atoms with E-state index in [0.717, 1.165) is 43.9 Å². The number of pyridine rings is 1. The van der Waals surface area contributed by atoms with Crippen molar-refractivity contribution in [3.8, 4) is 0 Å². The Hall–Kier alpha value is -1.50. The van der Waals surface area contributed by atoms with Crippen LogP contribution in [0.25, 0.3) is 0 Å². The molecule has 0 radical (unpaired) electrons. The monoisotopic (exact) mass is 396 g/mol. The molecule has 1 atom stereocenters. The maximum Gasteiger partial charge on any atom is 0.218 e. The summed E-state index contributed by atoms with van der Waals surface area (Å²) in [6.45, 7) is 0.491. The molecule has 4 nitrogen and oxygen atoms in total. The Bertz CT molecular complexity index is 846. The average Bonchev–Trinajstić information content (AvgIpc) is 2.63. The predicted molar refractivity (Wildman–Crippen MR) is 101 cm³/mol. The fraction of sp³-hybridized carbons (Fsp3) is 0.421. The predicted octanol–water partition coefficient (Wildman–Crippen LogP) is 4.19. The van der Waals surface area contributed by atoms with Crippen LogP contribution in [-0.2, 0) is 22.2 Å². The molecule has 0 amide bonds. The number of hydrogen-bond donors (Lipinski definition) is 0. The summed E-state index contributed by atoms with van der Waals surface area (Å²) < 4.78 is 41.5. The molecule has 1 aliphatic rings. The minimum Gasteiger partial charge on any atom is -0.261 e. The lowest BCUT2D eigenvalue weighted by Gasteiger charge is -2.34. The second-order valence-electron chi connectivity index (χ2n) is 6.61. The van der Waals surface area contributed by atoms with Gasteiger partial charge >= 0.3 is 0 Å². The van der Waals surface area contributed by atoms with Crippen LogP contribution in [0.2, 0.25) is 5.02 Å². The number of piperidine rings is 1. The molecule has 1 aliphatic heterocycles. The molecule has 2 heterocycles. The number of hydrogen-bond acceptors (Lipinski definition) is 3. The summed E-state index contributed by atoms with van der Waals surface area (Å²) in [6, 6.07) is 9.80. The highest BCUT2D eigenvalue weighted by molar-refractivity contribution is 7.88. The quantitative estimate of drug-likeness (QED) is 0.735. The highest BCUT2D eigenvalue weighted by Crippen LogP contribution is 2.27. The molecule has 1 aromatic heterocycles. The Morgan fingerprint density at radius 1 is 1.23 bits per heavy atom. The van der Waals surface area contributed by atoms with Crippen LogP contribution in [-0.4, -0.2) is 30.3 Å². The molecule has 1 fully saturated rings. The fourth-order valence-electron chi connectivity index (χ4n) is 3.41. The van der Waals surface area contributed by atoms with Crippen molar-refractivity contribution in [1.82, 2.24) is 9.29 Å². The van der Waals surface area contributed by atoms with E-state index >= 15 is 0 Å². The van der Waals surface area contributed by atoms with E-state index in [9.17, 15) is 12.8 Å². The third-order valence-corrected chi connectivity index (χ3v) is 6.85. The van der Waals surface area contributed by atoms with E-state index in [1.54, 1.807) is 10.5 Å². The standard InChI is InChI=1S/C19H22ClFN2O2S/c20-16-8-7-15(19(21)13-16)14-26(24,25)23-12-4-2-6-18(23)10-9-17-5-1-3-11-22-17/h1,3,5,7-8,11,13,18H,2,4,6,9-10,12,14H2. The lowest BCUT2D eigenvalue weighted by molar-refractivity contribution is 0.240. The first kappa shape index (κ1) is 19.3. The minimum atomic E-state index is -3.60. The zero-order chi connectivity index (χ0) is 18.6. The van der Waals surface area contributed by atoms with Gasteiger partial charge in [0.1, 0.15) is 5.82 Å². The topological polar surface area (TPSA) is 50.3 Å². The van der Waals surface area contributed by atoms with Crippen LogP contribution in [0.5, 0.6) is 0 Å². The van der Waals surface area contributed by atoms with Crippen LogP contribution < -0.4 is 0 Å². The molecule has 2 aromatic rings. The first-order valence-corrected chi connectivity index (χ1v) is 10.8. The first-order chi connectivity index (χ1) is 12.5. The number of aromatic nitrogens is 1. The van der Waals surface area contributed by atoms with Crippen molar-refractivity contribution < 1.29 is 12.8 Å². The van der Waals surface area contributed by atoms with Gasteiger partial charge in [-0.05, 0) is 49.9 Å². The molecule has 26 heavy (non-hydrogen) atoms. The highest BCUT2D eigenvalue weighted by atomic mass is 35.5. The Morgan fingerprint density at radius 3 is 2.81 bits per heavy atom. The van der Waals surface area contributed by atoms with Crippen molar-refractivity contribution in [2.75, 3.05) is 6.54 Å².